The van der Waals surface area contributed by atoms with Gasteiger partial charge in [0.15, 0.2) is 0 Å². The van der Waals surface area contributed by atoms with Crippen LogP contribution in [0.3, 0.4) is 0 Å². The summed E-state index contributed by atoms with van der Waals surface area (Å²) in [6.45, 7) is 3.20. The molecule has 4 rings (SSSR count). The number of aliphatic imine (C=N–C) groups is 1. The Labute approximate surface area is 174 Å². The Hall–Kier alpha value is -2.52. The van der Waals surface area contributed by atoms with E-state index in [1.165, 1.54) is 24.3 Å². The smallest absolute Gasteiger partial charge is 0.266 e. The van der Waals surface area contributed by atoms with Crippen molar-refractivity contribution in [3.63, 3.8) is 0 Å². The monoisotopic (exact) mass is 435 g/mol. The first-order valence-electron chi connectivity index (χ1n) is 9.84. The maximum Gasteiger partial charge on any atom is 0.266 e. The molecule has 1 saturated heterocycles. The van der Waals surface area contributed by atoms with Gasteiger partial charge in [-0.2, -0.15) is 0 Å². The fourth-order valence-corrected chi connectivity index (χ4v) is 5.18. The lowest BCUT2D eigenvalue weighted by molar-refractivity contribution is 0.0593. The lowest BCUT2D eigenvalue weighted by Gasteiger charge is -2.32. The van der Waals surface area contributed by atoms with Crippen molar-refractivity contribution in [3.05, 3.63) is 59.2 Å². The van der Waals surface area contributed by atoms with E-state index in [4.69, 9.17) is 4.74 Å². The van der Waals surface area contributed by atoms with Crippen LogP contribution in [-0.2, 0) is 21.3 Å². The van der Waals surface area contributed by atoms with E-state index in [0.29, 0.717) is 24.3 Å². The van der Waals surface area contributed by atoms with Gasteiger partial charge in [-0.25, -0.2) is 26.9 Å². The lowest BCUT2D eigenvalue weighted by Crippen LogP contribution is -2.41. The summed E-state index contributed by atoms with van der Waals surface area (Å²) >= 11 is 0. The third kappa shape index (κ3) is 4.17. The predicted octanol–water partition coefficient (Wildman–Crippen LogP) is 3.75. The SMILES string of the molecule is C[C@H](c1c(F)ccc2c1NC(=NCc1cccc(F)c1)NS2(=O)=O)C1CCOCC1. The molecule has 2 aliphatic heterocycles. The first kappa shape index (κ1) is 20.7. The number of guanidine groups is 1. The highest BCUT2D eigenvalue weighted by atomic mass is 32.2. The van der Waals surface area contributed by atoms with Crippen LogP contribution in [0.4, 0.5) is 14.5 Å². The molecule has 2 aromatic carbocycles. The van der Waals surface area contributed by atoms with Gasteiger partial charge in [-0.15, -0.1) is 0 Å². The molecular formula is C21H23F2N3O3S. The Morgan fingerprint density at radius 2 is 1.97 bits per heavy atom. The number of nitrogens with zero attached hydrogens (tertiary/aromatic N) is 1. The van der Waals surface area contributed by atoms with Crippen LogP contribution in [0.2, 0.25) is 0 Å². The molecule has 0 aromatic heterocycles. The molecule has 0 saturated carbocycles. The lowest BCUT2D eigenvalue weighted by atomic mass is 9.81. The van der Waals surface area contributed by atoms with E-state index in [2.05, 4.69) is 15.0 Å². The molecule has 2 N–H and O–H groups in total. The highest BCUT2D eigenvalue weighted by Crippen LogP contribution is 2.40. The van der Waals surface area contributed by atoms with Crippen LogP contribution in [0.5, 0.6) is 0 Å². The molecule has 0 radical (unpaired) electrons. The second-order valence-electron chi connectivity index (χ2n) is 7.60. The van der Waals surface area contributed by atoms with Gasteiger partial charge in [0.2, 0.25) is 5.96 Å². The summed E-state index contributed by atoms with van der Waals surface area (Å²) in [4.78, 5) is 4.23. The van der Waals surface area contributed by atoms with Crippen LogP contribution in [-0.4, -0.2) is 27.6 Å². The number of hydrogen-bond acceptors (Lipinski definition) is 4. The van der Waals surface area contributed by atoms with Crippen LogP contribution in [0, 0.1) is 17.6 Å². The topological polar surface area (TPSA) is 79.8 Å². The van der Waals surface area contributed by atoms with Gasteiger partial charge >= 0.3 is 0 Å². The molecule has 2 heterocycles. The van der Waals surface area contributed by atoms with Crippen molar-refractivity contribution in [2.75, 3.05) is 18.5 Å². The summed E-state index contributed by atoms with van der Waals surface area (Å²) in [6.07, 6.45) is 1.57. The minimum absolute atomic E-state index is 0.0116. The van der Waals surface area contributed by atoms with Gasteiger partial charge in [0.25, 0.3) is 10.0 Å². The second-order valence-corrected chi connectivity index (χ2v) is 9.25. The molecule has 1 fully saturated rings. The molecule has 0 spiro atoms. The summed E-state index contributed by atoms with van der Waals surface area (Å²) in [6, 6.07) is 8.34. The number of sulfonamides is 1. The van der Waals surface area contributed by atoms with Gasteiger partial charge in [-0.3, -0.25) is 0 Å². The van der Waals surface area contributed by atoms with Crippen molar-refractivity contribution < 1.29 is 21.9 Å². The molecule has 2 aromatic rings. The summed E-state index contributed by atoms with van der Waals surface area (Å²) in [5.74, 6) is -0.884. The molecule has 2 aliphatic rings. The fraction of sp³-hybridized carbons (Fsp3) is 0.381. The Morgan fingerprint density at radius 1 is 1.20 bits per heavy atom. The molecular weight excluding hydrogens is 412 g/mol. The molecule has 0 bridgehead atoms. The van der Waals surface area contributed by atoms with E-state index in [1.54, 1.807) is 12.1 Å². The van der Waals surface area contributed by atoms with Crippen molar-refractivity contribution in [1.82, 2.24) is 4.72 Å². The molecule has 1 atom stereocenters. The van der Waals surface area contributed by atoms with E-state index < -0.39 is 21.7 Å². The quantitative estimate of drug-likeness (QED) is 0.767. The number of halogens is 2. The number of hydrogen-bond donors (Lipinski definition) is 2. The molecule has 0 unspecified atom stereocenters. The van der Waals surface area contributed by atoms with Gasteiger partial charge in [-0.1, -0.05) is 19.1 Å². The molecule has 0 aliphatic carbocycles. The third-order valence-corrected chi connectivity index (χ3v) is 7.04. The van der Waals surface area contributed by atoms with Gasteiger partial charge in [0.05, 0.1) is 12.2 Å². The van der Waals surface area contributed by atoms with Crippen molar-refractivity contribution in [2.24, 2.45) is 10.9 Å². The highest BCUT2D eigenvalue weighted by molar-refractivity contribution is 7.90. The zero-order valence-corrected chi connectivity index (χ0v) is 17.3. The van der Waals surface area contributed by atoms with E-state index in [1.807, 2.05) is 6.92 Å². The van der Waals surface area contributed by atoms with Gasteiger partial charge < -0.3 is 10.1 Å². The first-order chi connectivity index (χ1) is 14.3. The van der Waals surface area contributed by atoms with Crippen LogP contribution >= 0.6 is 0 Å². The first-order valence-corrected chi connectivity index (χ1v) is 11.3. The van der Waals surface area contributed by atoms with Crippen LogP contribution in [0.25, 0.3) is 0 Å². The third-order valence-electron chi connectivity index (χ3n) is 5.66. The van der Waals surface area contributed by atoms with E-state index in [0.717, 1.165) is 12.8 Å². The van der Waals surface area contributed by atoms with Crippen molar-refractivity contribution >= 4 is 21.7 Å². The molecule has 160 valence electrons. The van der Waals surface area contributed by atoms with Gasteiger partial charge in [0, 0.05) is 18.8 Å². The largest absolute Gasteiger partial charge is 0.381 e. The number of anilines is 1. The Morgan fingerprint density at radius 3 is 2.70 bits per heavy atom. The minimum Gasteiger partial charge on any atom is -0.381 e. The average molecular weight is 435 g/mol. The van der Waals surface area contributed by atoms with Gasteiger partial charge in [-0.05, 0) is 54.5 Å². The maximum atomic E-state index is 14.9. The average Bonchev–Trinajstić information content (AvgIpc) is 2.72. The maximum absolute atomic E-state index is 14.9. The summed E-state index contributed by atoms with van der Waals surface area (Å²) in [5, 5.41) is 2.96. The minimum atomic E-state index is -3.92. The standard InChI is InChI=1S/C21H23F2N3O3S/c1-13(15-7-9-29-10-8-15)19-17(23)5-6-18-20(19)25-21(26-30(18,27)28)24-12-14-3-2-4-16(22)11-14/h2-6,11,13,15H,7-10,12H2,1H3,(H2,24,25,26)/t13-/m0/s1. The zero-order chi connectivity index (χ0) is 21.3. The Bertz CT molecular complexity index is 1080. The molecule has 6 nitrogen and oxygen atoms in total. The molecule has 0 amide bonds. The Kier molecular flexibility index (Phi) is 5.75. The normalized spacial score (nSPS) is 20.8. The Balaban J connectivity index is 1.69. The van der Waals surface area contributed by atoms with E-state index in [9.17, 15) is 17.2 Å². The number of rotatable bonds is 4. The second kappa shape index (κ2) is 8.31. The molecule has 30 heavy (non-hydrogen) atoms. The van der Waals surface area contributed by atoms with E-state index >= 15 is 0 Å². The number of benzene rings is 2. The van der Waals surface area contributed by atoms with Crippen molar-refractivity contribution in [2.45, 2.75) is 37.1 Å². The summed E-state index contributed by atoms with van der Waals surface area (Å²) in [5.41, 5.74) is 1.14. The van der Waals surface area contributed by atoms with Crippen LogP contribution in [0.15, 0.2) is 46.3 Å². The molecule has 9 heteroatoms. The van der Waals surface area contributed by atoms with Crippen LogP contribution in [0.1, 0.15) is 36.8 Å². The number of ether oxygens (including phenoxy) is 1. The van der Waals surface area contributed by atoms with Crippen molar-refractivity contribution in [3.8, 4) is 0 Å². The van der Waals surface area contributed by atoms with Gasteiger partial charge in [0.1, 0.15) is 16.5 Å². The van der Waals surface area contributed by atoms with E-state index in [-0.39, 0.29) is 34.9 Å². The van der Waals surface area contributed by atoms with Crippen molar-refractivity contribution in [1.29, 1.82) is 0 Å². The highest BCUT2D eigenvalue weighted by Gasteiger charge is 2.34. The van der Waals surface area contributed by atoms with Crippen LogP contribution < -0.4 is 10.0 Å². The fourth-order valence-electron chi connectivity index (χ4n) is 4.03. The number of nitrogens with one attached hydrogen (secondary N) is 2. The summed E-state index contributed by atoms with van der Waals surface area (Å²) in [7, 11) is -3.92. The number of fused-ring (bicyclic) bond motifs is 1. The predicted molar refractivity (Wildman–Crippen MR) is 110 cm³/mol. The summed E-state index contributed by atoms with van der Waals surface area (Å²) < 4.78 is 61.6. The zero-order valence-electron chi connectivity index (χ0n) is 16.5.